The van der Waals surface area contributed by atoms with Crippen molar-refractivity contribution in [3.8, 4) is 0 Å². The maximum absolute atomic E-state index is 4.20. The topological polar surface area (TPSA) is 182 Å². The Bertz CT molecular complexity index is 4320. The molecule has 16 aromatic heterocycles. The highest BCUT2D eigenvalue weighted by molar-refractivity contribution is 5.82. The first kappa shape index (κ1) is 61.3. The lowest BCUT2D eigenvalue weighted by Crippen LogP contribution is -1.85. The van der Waals surface area contributed by atoms with Gasteiger partial charge < -0.3 is 41.9 Å². The van der Waals surface area contributed by atoms with Gasteiger partial charge in [0.05, 0.1) is 63.7 Å². The molecule has 0 radical (unpaired) electrons. The monoisotopic (exact) mass is 1190 g/mol. The molecule has 0 bridgehead atoms. The summed E-state index contributed by atoms with van der Waals surface area (Å²) in [5.41, 5.74) is 15.5. The Labute approximate surface area is 521 Å². The summed E-state index contributed by atoms with van der Waals surface area (Å²) in [4.78, 5) is 43.3. The van der Waals surface area contributed by atoms with Gasteiger partial charge >= 0.3 is 0 Å². The van der Waals surface area contributed by atoms with Gasteiger partial charge in [-0.3, -0.25) is 19.9 Å². The summed E-state index contributed by atoms with van der Waals surface area (Å²) >= 11 is 0. The number of pyridine rings is 7. The average molecular weight is 1190 g/mol. The van der Waals surface area contributed by atoms with E-state index in [1.165, 1.54) is 65.6 Å². The van der Waals surface area contributed by atoms with Crippen molar-refractivity contribution in [3.05, 3.63) is 275 Å². The molecule has 2 aromatic carbocycles. The first-order valence-corrected chi connectivity index (χ1v) is 29.2. The lowest BCUT2D eigenvalue weighted by atomic mass is 10.2. The van der Waals surface area contributed by atoms with Crippen molar-refractivity contribution in [2.45, 2.75) is 13.8 Å². The van der Waals surface area contributed by atoms with Crippen LogP contribution >= 0.6 is 0 Å². The maximum atomic E-state index is 4.20. The molecule has 0 saturated heterocycles. The van der Waals surface area contributed by atoms with E-state index in [2.05, 4.69) is 165 Å². The van der Waals surface area contributed by atoms with Gasteiger partial charge in [0.2, 0.25) is 0 Å². The fraction of sp³-hybridized carbons (Fsp3) is 0.125. The average Bonchev–Trinajstić information content (AvgIpc) is 4.65. The molecule has 0 fully saturated rings. The van der Waals surface area contributed by atoms with Gasteiger partial charge in [-0.1, -0.05) is 30.3 Å². The zero-order valence-corrected chi connectivity index (χ0v) is 52.0. The molecule has 0 spiro atoms. The Kier molecular flexibility index (Phi) is 20.1. The molecule has 0 atom stereocenters. The van der Waals surface area contributed by atoms with Crippen LogP contribution in [0.25, 0.3) is 98.9 Å². The second-order valence-corrected chi connectivity index (χ2v) is 21.2. The number of nitrogens with zero attached hydrogens (tertiary/aromatic N) is 16. The molecule has 18 nitrogen and oxygen atoms in total. The third kappa shape index (κ3) is 15.6. The Hall–Kier alpha value is -11.8. The number of rotatable bonds is 0. The van der Waals surface area contributed by atoms with E-state index in [4.69, 9.17) is 0 Å². The van der Waals surface area contributed by atoms with E-state index in [0.717, 1.165) is 44.7 Å². The van der Waals surface area contributed by atoms with Gasteiger partial charge in [0.25, 0.3) is 0 Å². The highest BCUT2D eigenvalue weighted by Gasteiger charge is 2.01. The second-order valence-electron chi connectivity index (χ2n) is 21.2. The zero-order chi connectivity index (χ0) is 62.8. The molecule has 0 unspecified atom stereocenters. The molecule has 0 amide bonds. The molecule has 0 aliphatic rings. The van der Waals surface area contributed by atoms with Crippen LogP contribution in [0.5, 0.6) is 0 Å². The number of benzene rings is 2. The number of fused-ring (bicyclic) bond motifs is 9. The molecule has 0 saturated carbocycles. The molecule has 0 aliphatic heterocycles. The Morgan fingerprint density at radius 1 is 0.289 bits per heavy atom. The van der Waals surface area contributed by atoms with Crippen molar-refractivity contribution in [3.63, 3.8) is 0 Å². The minimum absolute atomic E-state index is 0.933. The predicted molar refractivity (Wildman–Crippen MR) is 367 cm³/mol. The molecule has 18 aromatic rings. The Morgan fingerprint density at radius 2 is 0.767 bits per heavy atom. The number of imidazole rings is 2. The maximum Gasteiger partial charge on any atom is 0.159 e. The van der Waals surface area contributed by atoms with Crippen LogP contribution in [-0.2, 0) is 49.3 Å². The summed E-state index contributed by atoms with van der Waals surface area (Å²) < 4.78 is 14.2. The normalized spacial score (nSPS) is 10.5. The van der Waals surface area contributed by atoms with E-state index >= 15 is 0 Å². The van der Waals surface area contributed by atoms with Crippen molar-refractivity contribution in [2.75, 3.05) is 0 Å². The number of para-hydroxylation sites is 3. The molecular formula is C72H72N18. The third-order valence-corrected chi connectivity index (χ3v) is 14.6. The Morgan fingerprint density at radius 3 is 1.48 bits per heavy atom. The van der Waals surface area contributed by atoms with Crippen LogP contribution in [0.4, 0.5) is 0 Å². The largest absolute Gasteiger partial charge is 0.357 e. The quantitative estimate of drug-likeness (QED) is 0.149. The second kappa shape index (κ2) is 29.5. The molecule has 450 valence electrons. The van der Waals surface area contributed by atoms with Crippen LogP contribution in [0.1, 0.15) is 11.4 Å². The van der Waals surface area contributed by atoms with E-state index < -0.39 is 0 Å². The Balaban J connectivity index is 0.000000111. The van der Waals surface area contributed by atoms with Crippen molar-refractivity contribution in [1.29, 1.82) is 0 Å². The summed E-state index contributed by atoms with van der Waals surface area (Å²) in [6.07, 6.45) is 31.9. The van der Waals surface area contributed by atoms with Gasteiger partial charge in [0, 0.05) is 174 Å². The van der Waals surface area contributed by atoms with E-state index in [-0.39, 0.29) is 0 Å². The van der Waals surface area contributed by atoms with Crippen LogP contribution in [0.3, 0.4) is 0 Å². The summed E-state index contributed by atoms with van der Waals surface area (Å²) in [5.74, 6) is 0. The van der Waals surface area contributed by atoms with Gasteiger partial charge in [0.15, 0.2) is 5.65 Å². The lowest BCUT2D eigenvalue weighted by molar-refractivity contribution is 0.931. The zero-order valence-electron chi connectivity index (χ0n) is 52.0. The highest BCUT2D eigenvalue weighted by Crippen LogP contribution is 2.17. The molecular weight excluding hydrogens is 1120 g/mol. The first-order valence-electron chi connectivity index (χ1n) is 29.2. The fourth-order valence-corrected chi connectivity index (χ4v) is 9.90. The van der Waals surface area contributed by atoms with Crippen molar-refractivity contribution < 1.29 is 0 Å². The molecule has 18 rings (SSSR count). The number of aromatic nitrogens is 18. The lowest BCUT2D eigenvalue weighted by Gasteiger charge is -1.92. The first-order chi connectivity index (χ1) is 43.9. The van der Waals surface area contributed by atoms with Gasteiger partial charge in [-0.15, -0.1) is 0 Å². The molecule has 90 heavy (non-hydrogen) atoms. The van der Waals surface area contributed by atoms with Crippen LogP contribution in [0, 0.1) is 13.8 Å². The van der Waals surface area contributed by atoms with Crippen molar-refractivity contribution in [2.24, 2.45) is 49.3 Å². The van der Waals surface area contributed by atoms with Crippen LogP contribution in [0.2, 0.25) is 0 Å². The number of nitrogens with one attached hydrogen (secondary N) is 2. The van der Waals surface area contributed by atoms with Crippen molar-refractivity contribution in [1.82, 2.24) is 86.8 Å². The van der Waals surface area contributed by atoms with Crippen LogP contribution < -0.4 is 0 Å². The molecule has 18 heteroatoms. The predicted octanol–water partition coefficient (Wildman–Crippen LogP) is 14.8. The third-order valence-electron chi connectivity index (χ3n) is 14.6. The van der Waals surface area contributed by atoms with Crippen molar-refractivity contribution >= 4 is 98.9 Å². The number of aromatic amines is 2. The molecule has 2 N–H and O–H groups in total. The van der Waals surface area contributed by atoms with Gasteiger partial charge in [0.1, 0.15) is 16.8 Å². The van der Waals surface area contributed by atoms with E-state index in [0.29, 0.717) is 0 Å². The molecule has 0 aliphatic carbocycles. The number of hydrogen-bond acceptors (Lipinski definition) is 9. The summed E-state index contributed by atoms with van der Waals surface area (Å²) in [7, 11) is 14.0. The summed E-state index contributed by atoms with van der Waals surface area (Å²) in [5, 5.41) is 7.37. The van der Waals surface area contributed by atoms with Gasteiger partial charge in [-0.05, 0) is 147 Å². The minimum Gasteiger partial charge on any atom is -0.357 e. The summed E-state index contributed by atoms with van der Waals surface area (Å²) in [6, 6.07) is 52.8. The van der Waals surface area contributed by atoms with Crippen LogP contribution in [0.15, 0.2) is 263 Å². The minimum atomic E-state index is 0.933. The van der Waals surface area contributed by atoms with E-state index in [9.17, 15) is 0 Å². The number of aryl methyl sites for hydroxylation is 9. The van der Waals surface area contributed by atoms with Gasteiger partial charge in [-0.25, -0.2) is 24.9 Å². The number of hydrogen-bond donors (Lipinski definition) is 2. The highest BCUT2D eigenvalue weighted by atomic mass is 15.1. The van der Waals surface area contributed by atoms with Gasteiger partial charge in [-0.2, -0.15) is 0 Å². The fourth-order valence-electron chi connectivity index (χ4n) is 9.90. The molecule has 16 heterocycles. The van der Waals surface area contributed by atoms with E-state index in [1.807, 2.05) is 223 Å². The smallest absolute Gasteiger partial charge is 0.159 e. The number of H-pyrrole nitrogens is 2. The SMILES string of the molecule is Cc1cc2cccnc2[nH]1.Cc1cc2ccncc2[nH]1.Cn1ccc2ccccc21.Cn1ccc2cccnc21.Cn1ccc2ccncc21.Cn1ccc2cnccc21.Cn1ccc2ncccc21.Cn1cnc2ccccc21.Cn1cnc2cccnc21. The van der Waals surface area contributed by atoms with E-state index in [1.54, 1.807) is 24.9 Å². The summed E-state index contributed by atoms with van der Waals surface area (Å²) in [6.45, 7) is 4.07. The van der Waals surface area contributed by atoms with Crippen LogP contribution in [-0.4, -0.2) is 86.8 Å². The standard InChI is InChI=1S/C9H9N.7C8H8N2.C7H7N3/c1-10-7-6-8-4-2-3-5-9(8)10;1-10-5-3-7-6-9-4-2-8(7)10;1-10-5-3-7-2-4-9-6-8(7)10;1-6-4-7-2-3-9-5-8(7)10-6;1-10-6-4-7-8(10)3-2-5-9-7;1-10-6-4-7-3-2-5-9-8(7)10;1-6-5-7-3-2-4-9-8(7)10-6;1-10-6-9-7-4-2-3-5-8(7)10;1-10-5-9-6-3-2-4-8-7(6)10/h2-7H,1H3;2*2-6H,1H3;2-5,10H,1H3;2*2-6H,1H3;2-5H,1H3,(H,9,10);2-6H,1H3;2-5H,1H3.